The lowest BCUT2D eigenvalue weighted by Crippen LogP contribution is -2.13. The minimum Gasteiger partial charge on any atom is -0.465 e. The van der Waals surface area contributed by atoms with Crippen molar-refractivity contribution >= 4 is 11.6 Å². The molecule has 0 atom stereocenters. The highest BCUT2D eigenvalue weighted by molar-refractivity contribution is 5.90. The number of nitrogens with one attached hydrogen (secondary N) is 1. The van der Waals surface area contributed by atoms with Crippen LogP contribution in [-0.2, 0) is 11.2 Å². The Morgan fingerprint density at radius 1 is 0.774 bits per heavy atom. The summed E-state index contributed by atoms with van der Waals surface area (Å²) in [6.45, 7) is 0. The lowest BCUT2D eigenvalue weighted by Gasteiger charge is -2.19. The van der Waals surface area contributed by atoms with Crippen molar-refractivity contribution in [1.29, 1.82) is 0 Å². The van der Waals surface area contributed by atoms with Crippen molar-refractivity contribution in [2.45, 2.75) is 18.9 Å². The molecule has 4 heteroatoms. The third-order valence-electron chi connectivity index (χ3n) is 4.95. The Morgan fingerprint density at radius 2 is 1.35 bits per heavy atom. The predicted octanol–water partition coefficient (Wildman–Crippen LogP) is 5.82. The lowest BCUT2D eigenvalue weighted by molar-refractivity contribution is -0.116. The molecule has 0 saturated heterocycles. The van der Waals surface area contributed by atoms with Crippen LogP contribution in [0.4, 0.5) is 5.69 Å². The molecule has 4 rings (SSSR count). The van der Waals surface area contributed by atoms with Crippen LogP contribution in [0.3, 0.4) is 0 Å². The molecule has 0 aliphatic heterocycles. The molecule has 0 radical (unpaired) electrons. The van der Waals surface area contributed by atoms with Crippen LogP contribution in [0.25, 0.3) is 0 Å². The Bertz CT molecular complexity index is 1040. The zero-order valence-corrected chi connectivity index (χ0v) is 17.1. The molecule has 31 heavy (non-hydrogen) atoms. The van der Waals surface area contributed by atoms with Crippen molar-refractivity contribution in [3.05, 3.63) is 126 Å². The normalized spacial score (nSPS) is 10.6. The summed E-state index contributed by atoms with van der Waals surface area (Å²) in [5, 5.41) is 2.90. The van der Waals surface area contributed by atoms with Crippen LogP contribution >= 0.6 is 0 Å². The van der Waals surface area contributed by atoms with Crippen LogP contribution in [0.15, 0.2) is 109 Å². The monoisotopic (exact) mass is 408 g/mol. The number of amides is 1. The highest BCUT2D eigenvalue weighted by Gasteiger charge is 2.16. The van der Waals surface area contributed by atoms with Gasteiger partial charge in [0.25, 0.3) is 0 Å². The Morgan fingerprint density at radius 3 is 1.90 bits per heavy atom. The number of carbonyl (C=O) groups is 1. The number of ether oxygens (including phenoxy) is 1. The van der Waals surface area contributed by atoms with Crippen LogP contribution < -0.4 is 10.1 Å². The number of benzene rings is 3. The Kier molecular flexibility index (Phi) is 6.71. The summed E-state index contributed by atoms with van der Waals surface area (Å²) in [4.78, 5) is 16.7. The molecule has 1 aromatic heterocycles. The van der Waals surface area contributed by atoms with Gasteiger partial charge in [-0.15, -0.1) is 0 Å². The van der Waals surface area contributed by atoms with E-state index in [1.54, 1.807) is 12.3 Å². The maximum absolute atomic E-state index is 12.2. The Labute approximate surface area is 182 Å². The van der Waals surface area contributed by atoms with E-state index in [1.807, 2.05) is 97.1 Å². The minimum absolute atomic E-state index is 0.0363. The van der Waals surface area contributed by atoms with Gasteiger partial charge in [-0.2, -0.15) is 0 Å². The lowest BCUT2D eigenvalue weighted by atomic mass is 10.0. The van der Waals surface area contributed by atoms with Gasteiger partial charge in [0.1, 0.15) is 0 Å². The summed E-state index contributed by atoms with van der Waals surface area (Å²) < 4.78 is 6.23. The van der Waals surface area contributed by atoms with Crippen LogP contribution in [-0.4, -0.2) is 10.9 Å². The number of aryl methyl sites for hydroxylation is 1. The van der Waals surface area contributed by atoms with Crippen molar-refractivity contribution in [1.82, 2.24) is 4.98 Å². The number of rotatable bonds is 8. The van der Waals surface area contributed by atoms with Crippen LogP contribution in [0.5, 0.6) is 5.88 Å². The van der Waals surface area contributed by atoms with Gasteiger partial charge >= 0.3 is 0 Å². The fraction of sp³-hybridized carbons (Fsp3) is 0.111. The first kappa shape index (κ1) is 20.4. The molecule has 0 spiro atoms. The number of anilines is 1. The van der Waals surface area contributed by atoms with E-state index >= 15 is 0 Å². The second kappa shape index (κ2) is 10.2. The SMILES string of the molecule is O=C(CCc1ccccc1)Nc1ccc(OC(c2ccccc2)c2ccccc2)nc1. The first-order chi connectivity index (χ1) is 15.3. The molecular formula is C27H24N2O2. The van der Waals surface area contributed by atoms with Crippen LogP contribution in [0.2, 0.25) is 0 Å². The van der Waals surface area contributed by atoms with E-state index in [1.165, 1.54) is 0 Å². The van der Waals surface area contributed by atoms with Gasteiger partial charge < -0.3 is 10.1 Å². The summed E-state index contributed by atoms with van der Waals surface area (Å²) >= 11 is 0. The third kappa shape index (κ3) is 5.80. The van der Waals surface area contributed by atoms with E-state index < -0.39 is 0 Å². The molecule has 0 saturated carbocycles. The summed E-state index contributed by atoms with van der Waals surface area (Å²) in [5.41, 5.74) is 3.90. The fourth-order valence-electron chi connectivity index (χ4n) is 3.35. The van der Waals surface area contributed by atoms with Crippen molar-refractivity contribution in [2.24, 2.45) is 0 Å². The molecule has 0 unspecified atom stereocenters. The average molecular weight is 409 g/mol. The highest BCUT2D eigenvalue weighted by Crippen LogP contribution is 2.27. The molecule has 0 fully saturated rings. The highest BCUT2D eigenvalue weighted by atomic mass is 16.5. The molecule has 154 valence electrons. The maximum Gasteiger partial charge on any atom is 0.224 e. The molecule has 0 bridgehead atoms. The summed E-state index contributed by atoms with van der Waals surface area (Å²) in [6, 6.07) is 33.7. The Balaban J connectivity index is 1.40. The van der Waals surface area contributed by atoms with Crippen LogP contribution in [0.1, 0.15) is 29.2 Å². The largest absolute Gasteiger partial charge is 0.465 e. The molecular weight excluding hydrogens is 384 g/mol. The van der Waals surface area contributed by atoms with Gasteiger partial charge in [0.15, 0.2) is 6.10 Å². The van der Waals surface area contributed by atoms with E-state index in [4.69, 9.17) is 4.74 Å². The van der Waals surface area contributed by atoms with Gasteiger partial charge in [0, 0.05) is 12.5 Å². The number of carbonyl (C=O) groups excluding carboxylic acids is 1. The number of pyridine rings is 1. The summed E-state index contributed by atoms with van der Waals surface area (Å²) in [6.07, 6.45) is 2.49. The van der Waals surface area contributed by atoms with Crippen molar-refractivity contribution in [3.63, 3.8) is 0 Å². The van der Waals surface area contributed by atoms with E-state index in [0.717, 1.165) is 16.7 Å². The van der Waals surface area contributed by atoms with Crippen LogP contribution in [0, 0.1) is 0 Å². The van der Waals surface area contributed by atoms with Gasteiger partial charge in [-0.25, -0.2) is 4.98 Å². The zero-order valence-electron chi connectivity index (χ0n) is 17.1. The van der Waals surface area contributed by atoms with Gasteiger partial charge in [-0.1, -0.05) is 91.0 Å². The predicted molar refractivity (Wildman–Crippen MR) is 123 cm³/mol. The topological polar surface area (TPSA) is 51.2 Å². The molecule has 3 aromatic carbocycles. The maximum atomic E-state index is 12.2. The molecule has 0 aliphatic rings. The van der Waals surface area contributed by atoms with Crippen molar-refractivity contribution in [3.8, 4) is 5.88 Å². The second-order valence-electron chi connectivity index (χ2n) is 7.24. The molecule has 4 nitrogen and oxygen atoms in total. The molecule has 4 aromatic rings. The van der Waals surface area contributed by atoms with Gasteiger partial charge in [-0.3, -0.25) is 4.79 Å². The quantitative estimate of drug-likeness (QED) is 0.400. The summed E-state index contributed by atoms with van der Waals surface area (Å²) in [5.74, 6) is 0.464. The Hall–Kier alpha value is -3.92. The fourth-order valence-corrected chi connectivity index (χ4v) is 3.35. The van der Waals surface area contributed by atoms with E-state index in [9.17, 15) is 4.79 Å². The van der Waals surface area contributed by atoms with Gasteiger partial charge in [0.05, 0.1) is 11.9 Å². The number of aromatic nitrogens is 1. The smallest absolute Gasteiger partial charge is 0.224 e. The number of hydrogen-bond acceptors (Lipinski definition) is 3. The molecule has 1 amide bonds. The average Bonchev–Trinajstić information content (AvgIpc) is 2.84. The standard InChI is InChI=1S/C27H24N2O2/c30-25(18-16-21-10-4-1-5-11-21)29-24-17-19-26(28-20-24)31-27(22-12-6-2-7-13-22)23-14-8-3-9-15-23/h1-15,17,19-20,27H,16,18H2,(H,29,30). The van der Waals surface area contributed by atoms with Gasteiger partial charge in [0.2, 0.25) is 11.8 Å². The number of nitrogens with zero attached hydrogens (tertiary/aromatic N) is 1. The summed E-state index contributed by atoms with van der Waals surface area (Å²) in [7, 11) is 0. The zero-order chi connectivity index (χ0) is 21.3. The van der Waals surface area contributed by atoms with E-state index in [0.29, 0.717) is 24.4 Å². The second-order valence-corrected chi connectivity index (χ2v) is 7.24. The molecule has 1 N–H and O–H groups in total. The first-order valence-electron chi connectivity index (χ1n) is 10.3. The molecule has 0 aliphatic carbocycles. The van der Waals surface area contributed by atoms with E-state index in [2.05, 4.69) is 10.3 Å². The number of hydrogen-bond donors (Lipinski definition) is 1. The first-order valence-corrected chi connectivity index (χ1v) is 10.3. The minimum atomic E-state index is -0.263. The van der Waals surface area contributed by atoms with Crippen molar-refractivity contribution < 1.29 is 9.53 Å². The van der Waals surface area contributed by atoms with E-state index in [-0.39, 0.29) is 12.0 Å². The van der Waals surface area contributed by atoms with Gasteiger partial charge in [-0.05, 0) is 29.2 Å². The molecule has 1 heterocycles. The third-order valence-corrected chi connectivity index (χ3v) is 4.95. The van der Waals surface area contributed by atoms with Crippen molar-refractivity contribution in [2.75, 3.05) is 5.32 Å².